The third-order valence-corrected chi connectivity index (χ3v) is 6.86. The van der Waals surface area contributed by atoms with Crippen LogP contribution in [0.15, 0.2) is 47.1 Å². The summed E-state index contributed by atoms with van der Waals surface area (Å²) in [6, 6.07) is 14.6. The lowest BCUT2D eigenvalue weighted by Gasteiger charge is -2.40. The minimum absolute atomic E-state index is 0.0140. The summed E-state index contributed by atoms with van der Waals surface area (Å²) in [4.78, 5) is 22.1. The van der Waals surface area contributed by atoms with E-state index in [0.29, 0.717) is 48.3 Å². The van der Waals surface area contributed by atoms with Gasteiger partial charge in [-0.1, -0.05) is 52.0 Å². The normalized spacial score (nSPS) is 16.1. The summed E-state index contributed by atoms with van der Waals surface area (Å²) in [6.45, 7) is 14.3. The number of piperazine rings is 1. The molecule has 182 valence electrons. The maximum absolute atomic E-state index is 13.0. The molecule has 0 N–H and O–H groups in total. The minimum Gasteiger partial charge on any atom is -0.469 e. The van der Waals surface area contributed by atoms with Gasteiger partial charge in [0.15, 0.2) is 0 Å². The van der Waals surface area contributed by atoms with E-state index in [-0.39, 0.29) is 17.9 Å². The molecule has 1 aliphatic rings. The van der Waals surface area contributed by atoms with E-state index in [0.717, 1.165) is 16.8 Å². The van der Waals surface area contributed by atoms with Crippen LogP contribution in [-0.4, -0.2) is 41.5 Å². The zero-order valence-corrected chi connectivity index (χ0v) is 21.5. The molecular weight excluding hydrogens is 436 g/mol. The number of nitriles is 1. The van der Waals surface area contributed by atoms with Crippen molar-refractivity contribution in [3.63, 3.8) is 0 Å². The van der Waals surface area contributed by atoms with Crippen LogP contribution >= 0.6 is 0 Å². The quantitative estimate of drug-likeness (QED) is 0.449. The first-order chi connectivity index (χ1) is 16.7. The Bertz CT molecular complexity index is 1250. The lowest BCUT2D eigenvalue weighted by molar-refractivity contribution is 0.0672. The number of carbonyl (C=O) groups is 1. The predicted molar refractivity (Wildman–Crippen MR) is 139 cm³/mol. The largest absolute Gasteiger partial charge is 0.469 e. The van der Waals surface area contributed by atoms with Crippen LogP contribution in [0.5, 0.6) is 0 Å². The number of amides is 1. The van der Waals surface area contributed by atoms with Crippen molar-refractivity contribution >= 4 is 11.7 Å². The topological polar surface area (TPSA) is 73.4 Å². The Hall–Kier alpha value is -3.59. The zero-order valence-electron chi connectivity index (χ0n) is 21.5. The maximum atomic E-state index is 13.0. The monoisotopic (exact) mass is 470 g/mol. The van der Waals surface area contributed by atoms with Crippen LogP contribution in [0.3, 0.4) is 0 Å². The van der Waals surface area contributed by atoms with E-state index in [9.17, 15) is 10.1 Å². The first-order valence-corrected chi connectivity index (χ1v) is 12.4. The van der Waals surface area contributed by atoms with Crippen molar-refractivity contribution in [2.75, 3.05) is 24.5 Å². The number of aromatic nitrogens is 1. The standard InChI is InChI=1S/C29H34N4O2/c1-18(2)22-7-9-23(10-8-22)26-15-24(16-30)28(31-27(26)19(3)4)32-12-13-33(20(5)17-32)29(34)25-11-14-35-21(25)6/h7-11,14-15,18-20H,12-13,17H2,1-6H3. The van der Waals surface area contributed by atoms with Gasteiger partial charge in [-0.15, -0.1) is 0 Å². The van der Waals surface area contributed by atoms with E-state index in [4.69, 9.17) is 9.40 Å². The van der Waals surface area contributed by atoms with Crippen molar-refractivity contribution in [1.82, 2.24) is 9.88 Å². The Balaban J connectivity index is 1.64. The van der Waals surface area contributed by atoms with Crippen molar-refractivity contribution in [2.24, 2.45) is 0 Å². The van der Waals surface area contributed by atoms with Crippen molar-refractivity contribution < 1.29 is 9.21 Å². The van der Waals surface area contributed by atoms with Gasteiger partial charge >= 0.3 is 0 Å². The van der Waals surface area contributed by atoms with Crippen LogP contribution in [0.2, 0.25) is 0 Å². The molecule has 0 spiro atoms. The molecule has 1 aromatic carbocycles. The number of carbonyl (C=O) groups excluding carboxylic acids is 1. The van der Waals surface area contributed by atoms with Gasteiger partial charge in [-0.3, -0.25) is 4.79 Å². The van der Waals surface area contributed by atoms with E-state index in [1.165, 1.54) is 5.56 Å². The van der Waals surface area contributed by atoms with Gasteiger partial charge in [-0.25, -0.2) is 4.98 Å². The summed E-state index contributed by atoms with van der Waals surface area (Å²) in [5, 5.41) is 10.0. The van der Waals surface area contributed by atoms with E-state index < -0.39 is 0 Å². The fourth-order valence-corrected chi connectivity index (χ4v) is 4.77. The van der Waals surface area contributed by atoms with Crippen molar-refractivity contribution in [1.29, 1.82) is 5.26 Å². The Kier molecular flexibility index (Phi) is 6.98. The number of furan rings is 1. The molecule has 6 nitrogen and oxygen atoms in total. The Morgan fingerprint density at radius 3 is 2.37 bits per heavy atom. The summed E-state index contributed by atoms with van der Waals surface area (Å²) in [6.07, 6.45) is 1.55. The van der Waals surface area contributed by atoms with Gasteiger partial charge in [0.25, 0.3) is 5.91 Å². The third-order valence-electron chi connectivity index (χ3n) is 6.86. The molecule has 2 aromatic heterocycles. The number of benzene rings is 1. The number of rotatable bonds is 5. The molecule has 0 aliphatic carbocycles. The van der Waals surface area contributed by atoms with Crippen LogP contribution in [0.4, 0.5) is 5.82 Å². The molecule has 6 heteroatoms. The van der Waals surface area contributed by atoms with E-state index in [1.807, 2.05) is 24.8 Å². The fourth-order valence-electron chi connectivity index (χ4n) is 4.77. The molecular formula is C29H34N4O2. The van der Waals surface area contributed by atoms with Crippen LogP contribution in [0.25, 0.3) is 11.1 Å². The first kappa shape index (κ1) is 24.5. The summed E-state index contributed by atoms with van der Waals surface area (Å²) in [5.74, 6) is 1.99. The second-order valence-electron chi connectivity index (χ2n) is 10.0. The van der Waals surface area contributed by atoms with Gasteiger partial charge in [0.05, 0.1) is 23.1 Å². The Labute approximate surface area is 208 Å². The van der Waals surface area contributed by atoms with Gasteiger partial charge in [0.2, 0.25) is 0 Å². The second kappa shape index (κ2) is 9.95. The van der Waals surface area contributed by atoms with Crippen LogP contribution in [0.1, 0.15) is 79.4 Å². The molecule has 0 bridgehead atoms. The molecule has 1 unspecified atom stereocenters. The molecule has 4 rings (SSSR count). The predicted octanol–water partition coefficient (Wildman–Crippen LogP) is 6.12. The highest BCUT2D eigenvalue weighted by Crippen LogP contribution is 2.34. The number of anilines is 1. The SMILES string of the molecule is Cc1occc1C(=O)N1CCN(c2nc(C(C)C)c(-c3ccc(C(C)C)cc3)cc2C#N)CC1C. The number of hydrogen-bond donors (Lipinski definition) is 0. The van der Waals surface area contributed by atoms with E-state index >= 15 is 0 Å². The summed E-state index contributed by atoms with van der Waals surface area (Å²) < 4.78 is 5.33. The van der Waals surface area contributed by atoms with Gasteiger partial charge in [0.1, 0.15) is 17.6 Å². The summed E-state index contributed by atoms with van der Waals surface area (Å²) in [5.41, 5.74) is 5.53. The number of nitrogens with zero attached hydrogens (tertiary/aromatic N) is 4. The van der Waals surface area contributed by atoms with Gasteiger partial charge in [-0.2, -0.15) is 5.26 Å². The van der Waals surface area contributed by atoms with Gasteiger partial charge in [0, 0.05) is 31.2 Å². The lowest BCUT2D eigenvalue weighted by Crippen LogP contribution is -2.54. The fraction of sp³-hybridized carbons (Fsp3) is 0.414. The molecule has 1 amide bonds. The maximum Gasteiger partial charge on any atom is 0.257 e. The molecule has 0 saturated carbocycles. The van der Waals surface area contributed by atoms with Crippen LogP contribution in [-0.2, 0) is 0 Å². The number of hydrogen-bond acceptors (Lipinski definition) is 5. The van der Waals surface area contributed by atoms with Crippen LogP contribution < -0.4 is 4.90 Å². The van der Waals surface area contributed by atoms with Gasteiger partial charge < -0.3 is 14.2 Å². The van der Waals surface area contributed by atoms with E-state index in [2.05, 4.69) is 62.9 Å². The first-order valence-electron chi connectivity index (χ1n) is 12.4. The highest BCUT2D eigenvalue weighted by atomic mass is 16.3. The van der Waals surface area contributed by atoms with Gasteiger partial charge in [-0.05, 0) is 48.9 Å². The third kappa shape index (κ3) is 4.81. The van der Waals surface area contributed by atoms with Crippen molar-refractivity contribution in [2.45, 2.75) is 59.4 Å². The number of pyridine rings is 1. The summed E-state index contributed by atoms with van der Waals surface area (Å²) >= 11 is 0. The second-order valence-corrected chi connectivity index (χ2v) is 10.0. The highest BCUT2D eigenvalue weighted by Gasteiger charge is 2.31. The Morgan fingerprint density at radius 2 is 1.83 bits per heavy atom. The molecule has 3 aromatic rings. The molecule has 0 radical (unpaired) electrons. The highest BCUT2D eigenvalue weighted by molar-refractivity contribution is 5.95. The van der Waals surface area contributed by atoms with E-state index in [1.54, 1.807) is 12.3 Å². The summed E-state index contributed by atoms with van der Waals surface area (Å²) in [7, 11) is 0. The van der Waals surface area contributed by atoms with Crippen LogP contribution in [0, 0.1) is 18.3 Å². The number of aryl methyl sites for hydroxylation is 1. The molecule has 1 saturated heterocycles. The molecule has 1 atom stereocenters. The molecule has 1 fully saturated rings. The average molecular weight is 471 g/mol. The van der Waals surface area contributed by atoms with Crippen molar-refractivity contribution in [3.05, 3.63) is 70.8 Å². The lowest BCUT2D eigenvalue weighted by atomic mass is 9.93. The minimum atomic E-state index is -0.0235. The van der Waals surface area contributed by atoms with Crippen molar-refractivity contribution in [3.8, 4) is 17.2 Å². The average Bonchev–Trinajstić information content (AvgIpc) is 3.28. The Morgan fingerprint density at radius 1 is 1.11 bits per heavy atom. The molecule has 35 heavy (non-hydrogen) atoms. The molecule has 1 aliphatic heterocycles. The molecule has 3 heterocycles. The smallest absolute Gasteiger partial charge is 0.257 e. The zero-order chi connectivity index (χ0) is 25.3.